The summed E-state index contributed by atoms with van der Waals surface area (Å²) >= 11 is 3.22. The van der Waals surface area contributed by atoms with Gasteiger partial charge in [0.1, 0.15) is 5.82 Å². The van der Waals surface area contributed by atoms with E-state index in [2.05, 4.69) is 21.0 Å². The van der Waals surface area contributed by atoms with Gasteiger partial charge in [-0.3, -0.25) is 4.68 Å². The average Bonchev–Trinajstić information content (AvgIpc) is 2.74. The summed E-state index contributed by atoms with van der Waals surface area (Å²) in [4.78, 5) is 0. The molecule has 1 aromatic carbocycles. The van der Waals surface area contributed by atoms with Crippen LogP contribution in [-0.2, 0) is 0 Å². The van der Waals surface area contributed by atoms with Crippen molar-refractivity contribution in [1.29, 1.82) is 0 Å². The smallest absolute Gasteiger partial charge is 0.241 e. The number of alkyl halides is 2. The molecule has 96 valence electrons. The van der Waals surface area contributed by atoms with Crippen molar-refractivity contribution >= 4 is 15.9 Å². The average molecular weight is 319 g/mol. The summed E-state index contributed by atoms with van der Waals surface area (Å²) in [6, 6.07) is 4.91. The van der Waals surface area contributed by atoms with Crippen LogP contribution in [0.5, 0.6) is 0 Å². The monoisotopic (exact) mass is 318 g/mol. The first kappa shape index (κ1) is 13.1. The minimum atomic E-state index is -2.46. The second-order valence-electron chi connectivity index (χ2n) is 3.83. The normalized spacial score (nSPS) is 12.9. The quantitative estimate of drug-likeness (QED) is 0.832. The molecule has 0 spiro atoms. The van der Waals surface area contributed by atoms with Crippen molar-refractivity contribution in [2.45, 2.75) is 18.9 Å². The number of benzene rings is 1. The third-order valence-electron chi connectivity index (χ3n) is 2.55. The lowest BCUT2D eigenvalue weighted by Gasteiger charge is -2.17. The lowest BCUT2D eigenvalue weighted by Crippen LogP contribution is -2.14. The fourth-order valence-corrected chi connectivity index (χ4v) is 2.04. The molecular weight excluding hydrogens is 309 g/mol. The van der Waals surface area contributed by atoms with E-state index >= 15 is 0 Å². The zero-order valence-corrected chi connectivity index (χ0v) is 10.8. The standard InChI is InChI=1S/C12H10BrF3N2/c13-9-6-17-18(7-9)11(5-12(15)16)8-1-3-10(14)4-2-8/h1-4,6-7,11-12H,5H2. The molecule has 0 aliphatic rings. The Bertz CT molecular complexity index is 510. The van der Waals surface area contributed by atoms with Gasteiger partial charge in [0.25, 0.3) is 0 Å². The Morgan fingerprint density at radius 2 is 1.89 bits per heavy atom. The molecule has 0 saturated heterocycles. The SMILES string of the molecule is Fc1ccc(C(CC(F)F)n2cc(Br)cn2)cc1. The second kappa shape index (κ2) is 5.56. The van der Waals surface area contributed by atoms with Gasteiger partial charge in [-0.15, -0.1) is 0 Å². The molecule has 2 rings (SSSR count). The lowest BCUT2D eigenvalue weighted by molar-refractivity contribution is 0.121. The van der Waals surface area contributed by atoms with Gasteiger partial charge in [0.05, 0.1) is 16.7 Å². The van der Waals surface area contributed by atoms with Crippen LogP contribution in [-0.4, -0.2) is 16.2 Å². The van der Waals surface area contributed by atoms with Gasteiger partial charge in [0.2, 0.25) is 6.43 Å². The number of hydrogen-bond donors (Lipinski definition) is 0. The van der Waals surface area contributed by atoms with E-state index < -0.39 is 18.3 Å². The van der Waals surface area contributed by atoms with Crippen LogP contribution in [0.25, 0.3) is 0 Å². The maximum absolute atomic E-state index is 12.8. The second-order valence-corrected chi connectivity index (χ2v) is 4.75. The molecule has 18 heavy (non-hydrogen) atoms. The molecule has 6 heteroatoms. The summed E-state index contributed by atoms with van der Waals surface area (Å²) in [6.45, 7) is 0. The zero-order valence-electron chi connectivity index (χ0n) is 9.23. The van der Waals surface area contributed by atoms with Crippen molar-refractivity contribution in [2.75, 3.05) is 0 Å². The molecule has 1 heterocycles. The topological polar surface area (TPSA) is 17.8 Å². The highest BCUT2D eigenvalue weighted by Gasteiger charge is 2.19. The molecule has 0 amide bonds. The summed E-state index contributed by atoms with van der Waals surface area (Å²) in [6.07, 6.45) is 0.334. The van der Waals surface area contributed by atoms with E-state index in [1.165, 1.54) is 35.1 Å². The third-order valence-corrected chi connectivity index (χ3v) is 2.96. The molecule has 2 aromatic rings. The fourth-order valence-electron chi connectivity index (χ4n) is 1.74. The van der Waals surface area contributed by atoms with E-state index in [4.69, 9.17) is 0 Å². The highest BCUT2D eigenvalue weighted by atomic mass is 79.9. The predicted molar refractivity (Wildman–Crippen MR) is 65.1 cm³/mol. The van der Waals surface area contributed by atoms with E-state index in [-0.39, 0.29) is 6.42 Å². The molecule has 0 radical (unpaired) electrons. The van der Waals surface area contributed by atoms with Gasteiger partial charge >= 0.3 is 0 Å². The lowest BCUT2D eigenvalue weighted by atomic mass is 10.0. The van der Waals surface area contributed by atoms with Gasteiger partial charge in [0.15, 0.2) is 0 Å². The predicted octanol–water partition coefficient (Wildman–Crippen LogP) is 4.03. The maximum Gasteiger partial charge on any atom is 0.241 e. The molecule has 0 aliphatic heterocycles. The van der Waals surface area contributed by atoms with Crippen molar-refractivity contribution in [2.24, 2.45) is 0 Å². The number of nitrogens with zero attached hydrogens (tertiary/aromatic N) is 2. The van der Waals surface area contributed by atoms with Gasteiger partial charge in [-0.25, -0.2) is 13.2 Å². The van der Waals surface area contributed by atoms with Gasteiger partial charge in [0, 0.05) is 12.6 Å². The minimum Gasteiger partial charge on any atom is -0.264 e. The molecule has 0 aliphatic carbocycles. The highest BCUT2D eigenvalue weighted by molar-refractivity contribution is 9.10. The molecule has 0 bridgehead atoms. The fraction of sp³-hybridized carbons (Fsp3) is 0.250. The molecule has 1 aromatic heterocycles. The van der Waals surface area contributed by atoms with E-state index in [0.29, 0.717) is 10.0 Å². The first-order valence-electron chi connectivity index (χ1n) is 5.29. The summed E-state index contributed by atoms with van der Waals surface area (Å²) in [5, 5.41) is 4.01. The summed E-state index contributed by atoms with van der Waals surface area (Å²) in [5.41, 5.74) is 0.604. The van der Waals surface area contributed by atoms with E-state index in [9.17, 15) is 13.2 Å². The van der Waals surface area contributed by atoms with Crippen LogP contribution in [0.3, 0.4) is 0 Å². The molecular formula is C12H10BrF3N2. The molecule has 2 nitrogen and oxygen atoms in total. The van der Waals surface area contributed by atoms with Gasteiger partial charge in [-0.1, -0.05) is 12.1 Å². The largest absolute Gasteiger partial charge is 0.264 e. The Hall–Kier alpha value is -1.30. The number of aromatic nitrogens is 2. The molecule has 0 N–H and O–H groups in total. The van der Waals surface area contributed by atoms with Crippen molar-refractivity contribution in [1.82, 2.24) is 9.78 Å². The van der Waals surface area contributed by atoms with Crippen LogP contribution in [0.2, 0.25) is 0 Å². The first-order chi connectivity index (χ1) is 8.56. The van der Waals surface area contributed by atoms with Crippen molar-refractivity contribution in [3.05, 3.63) is 52.5 Å². The minimum absolute atomic E-state index is 0.361. The summed E-state index contributed by atoms with van der Waals surface area (Å²) in [5.74, 6) is -0.392. The number of hydrogen-bond acceptors (Lipinski definition) is 1. The van der Waals surface area contributed by atoms with Crippen molar-refractivity contribution < 1.29 is 13.2 Å². The van der Waals surface area contributed by atoms with E-state index in [1.54, 1.807) is 6.20 Å². The van der Waals surface area contributed by atoms with Crippen LogP contribution in [0, 0.1) is 5.82 Å². The van der Waals surface area contributed by atoms with Crippen molar-refractivity contribution in [3.8, 4) is 0 Å². The molecule has 1 atom stereocenters. The third kappa shape index (κ3) is 3.13. The van der Waals surface area contributed by atoms with Crippen molar-refractivity contribution in [3.63, 3.8) is 0 Å². The number of rotatable bonds is 4. The Morgan fingerprint density at radius 3 is 2.39 bits per heavy atom. The highest BCUT2D eigenvalue weighted by Crippen LogP contribution is 2.26. The molecule has 0 fully saturated rings. The summed E-state index contributed by atoms with van der Waals surface area (Å²) < 4.78 is 40.2. The first-order valence-corrected chi connectivity index (χ1v) is 6.09. The van der Waals surface area contributed by atoms with Crippen LogP contribution < -0.4 is 0 Å². The Labute approximate surface area is 111 Å². The summed E-state index contributed by atoms with van der Waals surface area (Å²) in [7, 11) is 0. The molecule has 0 saturated carbocycles. The van der Waals surface area contributed by atoms with E-state index in [1.807, 2.05) is 0 Å². The molecule has 1 unspecified atom stereocenters. The Morgan fingerprint density at radius 1 is 1.22 bits per heavy atom. The van der Waals surface area contributed by atoms with Crippen LogP contribution in [0.1, 0.15) is 18.0 Å². The van der Waals surface area contributed by atoms with Crippen LogP contribution in [0.4, 0.5) is 13.2 Å². The van der Waals surface area contributed by atoms with E-state index in [0.717, 1.165) is 0 Å². The van der Waals surface area contributed by atoms with Gasteiger partial charge in [-0.05, 0) is 33.6 Å². The van der Waals surface area contributed by atoms with Gasteiger partial charge < -0.3 is 0 Å². The van der Waals surface area contributed by atoms with Crippen LogP contribution in [0.15, 0.2) is 41.1 Å². The number of halogens is 4. The maximum atomic E-state index is 12.8. The Kier molecular flexibility index (Phi) is 4.06. The zero-order chi connectivity index (χ0) is 13.1. The van der Waals surface area contributed by atoms with Crippen LogP contribution >= 0.6 is 15.9 Å². The van der Waals surface area contributed by atoms with Gasteiger partial charge in [-0.2, -0.15) is 5.10 Å². The Balaban J connectivity index is 2.33.